The lowest BCUT2D eigenvalue weighted by Gasteiger charge is -2.09. The highest BCUT2D eigenvalue weighted by molar-refractivity contribution is 5.92. The molecular weight excluding hydrogens is 334 g/mol. The number of hydrogen-bond donors (Lipinski definition) is 2. The third-order valence-corrected chi connectivity index (χ3v) is 3.83. The zero-order valence-corrected chi connectivity index (χ0v) is 14.0. The van der Waals surface area contributed by atoms with Crippen LogP contribution in [0, 0.1) is 11.6 Å². The van der Waals surface area contributed by atoms with E-state index in [0.29, 0.717) is 17.8 Å². The maximum Gasteiger partial charge on any atom is 0.228 e. The van der Waals surface area contributed by atoms with Crippen LogP contribution in [0.3, 0.4) is 0 Å². The average Bonchev–Trinajstić information content (AvgIpc) is 2.62. The molecule has 1 amide bonds. The molecule has 2 N–H and O–H groups in total. The summed E-state index contributed by atoms with van der Waals surface area (Å²) in [6, 6.07) is 19.6. The Hall–Kier alpha value is -3.21. The maximum absolute atomic E-state index is 13.1. The fourth-order valence-corrected chi connectivity index (χ4v) is 2.52. The van der Waals surface area contributed by atoms with E-state index in [4.69, 9.17) is 0 Å². The summed E-state index contributed by atoms with van der Waals surface area (Å²) in [5.74, 6) is -0.818. The summed E-state index contributed by atoms with van der Waals surface area (Å²) in [5.41, 5.74) is 3.15. The minimum atomic E-state index is -0.355. The minimum Gasteiger partial charge on any atom is -0.381 e. The Morgan fingerprint density at radius 1 is 0.769 bits per heavy atom. The van der Waals surface area contributed by atoms with Gasteiger partial charge in [0.2, 0.25) is 5.91 Å². The summed E-state index contributed by atoms with van der Waals surface area (Å²) in [6.45, 7) is 0.575. The van der Waals surface area contributed by atoms with Crippen molar-refractivity contribution in [2.75, 3.05) is 10.6 Å². The minimum absolute atomic E-state index is 0.113. The first kappa shape index (κ1) is 17.6. The fourth-order valence-electron chi connectivity index (χ4n) is 2.52. The first-order valence-electron chi connectivity index (χ1n) is 8.21. The predicted molar refractivity (Wildman–Crippen MR) is 98.9 cm³/mol. The van der Waals surface area contributed by atoms with Crippen LogP contribution < -0.4 is 10.6 Å². The van der Waals surface area contributed by atoms with E-state index in [2.05, 4.69) is 10.6 Å². The van der Waals surface area contributed by atoms with Crippen molar-refractivity contribution in [1.29, 1.82) is 0 Å². The van der Waals surface area contributed by atoms with Gasteiger partial charge >= 0.3 is 0 Å². The van der Waals surface area contributed by atoms with Gasteiger partial charge in [-0.1, -0.05) is 24.3 Å². The van der Waals surface area contributed by atoms with E-state index in [1.54, 1.807) is 36.4 Å². The van der Waals surface area contributed by atoms with Gasteiger partial charge in [0.1, 0.15) is 11.6 Å². The molecule has 0 aromatic heterocycles. The molecule has 0 aliphatic heterocycles. The van der Waals surface area contributed by atoms with Gasteiger partial charge in [0, 0.05) is 17.9 Å². The van der Waals surface area contributed by atoms with Crippen LogP contribution in [0.5, 0.6) is 0 Å². The Balaban J connectivity index is 1.52. The Morgan fingerprint density at radius 2 is 1.46 bits per heavy atom. The molecule has 5 heteroatoms. The number of rotatable bonds is 6. The highest BCUT2D eigenvalue weighted by atomic mass is 19.1. The summed E-state index contributed by atoms with van der Waals surface area (Å²) < 4.78 is 26.0. The molecule has 0 saturated carbocycles. The van der Waals surface area contributed by atoms with Crippen molar-refractivity contribution in [3.8, 4) is 0 Å². The lowest BCUT2D eigenvalue weighted by atomic mass is 10.1. The summed E-state index contributed by atoms with van der Waals surface area (Å²) in [6.07, 6.45) is 0.113. The van der Waals surface area contributed by atoms with Gasteiger partial charge in [-0.3, -0.25) is 4.79 Å². The van der Waals surface area contributed by atoms with E-state index in [1.165, 1.54) is 24.3 Å². The molecule has 132 valence electrons. The topological polar surface area (TPSA) is 41.1 Å². The van der Waals surface area contributed by atoms with Crippen molar-refractivity contribution in [3.63, 3.8) is 0 Å². The predicted octanol–water partition coefficient (Wildman–Crippen LogP) is 4.76. The highest BCUT2D eigenvalue weighted by Crippen LogP contribution is 2.15. The zero-order valence-electron chi connectivity index (χ0n) is 14.0. The summed E-state index contributed by atoms with van der Waals surface area (Å²) in [5, 5.41) is 6.02. The Morgan fingerprint density at radius 3 is 2.15 bits per heavy atom. The molecule has 0 heterocycles. The van der Waals surface area contributed by atoms with Crippen LogP contribution in [0.4, 0.5) is 20.2 Å². The van der Waals surface area contributed by atoms with Crippen molar-refractivity contribution in [2.45, 2.75) is 13.0 Å². The van der Waals surface area contributed by atoms with E-state index in [9.17, 15) is 13.6 Å². The van der Waals surface area contributed by atoms with Gasteiger partial charge in [-0.05, 0) is 59.7 Å². The Kier molecular flexibility index (Phi) is 5.59. The quantitative estimate of drug-likeness (QED) is 0.672. The third kappa shape index (κ3) is 5.14. The van der Waals surface area contributed by atoms with E-state index < -0.39 is 0 Å². The fraction of sp³-hybridized carbons (Fsp3) is 0.0952. The molecule has 3 nitrogen and oxygen atoms in total. The molecule has 0 atom stereocenters. The lowest BCUT2D eigenvalue weighted by Crippen LogP contribution is -2.14. The SMILES string of the molecule is O=C(Cc1cccc(F)c1)Nc1ccc(NCc2ccc(F)cc2)cc1. The van der Waals surface area contributed by atoms with Gasteiger partial charge in [-0.15, -0.1) is 0 Å². The standard InChI is InChI=1S/C21H18F2N2O/c22-17-6-4-15(5-7-17)14-24-19-8-10-20(11-9-19)25-21(26)13-16-2-1-3-18(23)12-16/h1-12,24H,13-14H2,(H,25,26). The molecule has 0 unspecified atom stereocenters. The lowest BCUT2D eigenvalue weighted by molar-refractivity contribution is -0.115. The Bertz CT molecular complexity index is 877. The summed E-state index contributed by atoms with van der Waals surface area (Å²) in [7, 11) is 0. The van der Waals surface area contributed by atoms with Gasteiger partial charge in [-0.2, -0.15) is 0 Å². The summed E-state index contributed by atoms with van der Waals surface area (Å²) in [4.78, 5) is 12.0. The maximum atomic E-state index is 13.1. The van der Waals surface area contributed by atoms with E-state index in [0.717, 1.165) is 11.3 Å². The van der Waals surface area contributed by atoms with Gasteiger partial charge in [0.15, 0.2) is 0 Å². The number of carbonyl (C=O) groups is 1. The van der Waals surface area contributed by atoms with Crippen LogP contribution in [-0.2, 0) is 17.8 Å². The molecule has 3 rings (SSSR count). The van der Waals surface area contributed by atoms with Crippen molar-refractivity contribution in [2.24, 2.45) is 0 Å². The summed E-state index contributed by atoms with van der Waals surface area (Å²) >= 11 is 0. The molecule has 26 heavy (non-hydrogen) atoms. The molecule has 0 radical (unpaired) electrons. The second-order valence-electron chi connectivity index (χ2n) is 5.91. The van der Waals surface area contributed by atoms with Gasteiger partial charge < -0.3 is 10.6 Å². The van der Waals surface area contributed by atoms with Crippen LogP contribution in [-0.4, -0.2) is 5.91 Å². The van der Waals surface area contributed by atoms with Gasteiger partial charge in [-0.25, -0.2) is 8.78 Å². The molecule has 0 fully saturated rings. The van der Waals surface area contributed by atoms with Crippen molar-refractivity contribution in [1.82, 2.24) is 0 Å². The number of halogens is 2. The second-order valence-corrected chi connectivity index (χ2v) is 5.91. The average molecular weight is 352 g/mol. The third-order valence-electron chi connectivity index (χ3n) is 3.83. The number of hydrogen-bond acceptors (Lipinski definition) is 2. The van der Waals surface area contributed by atoms with Crippen molar-refractivity contribution < 1.29 is 13.6 Å². The first-order valence-corrected chi connectivity index (χ1v) is 8.21. The molecule has 3 aromatic rings. The largest absolute Gasteiger partial charge is 0.381 e. The number of amides is 1. The van der Waals surface area contributed by atoms with E-state index in [1.807, 2.05) is 12.1 Å². The molecule has 3 aromatic carbocycles. The molecule has 0 aliphatic carbocycles. The van der Waals surface area contributed by atoms with Gasteiger partial charge in [0.05, 0.1) is 6.42 Å². The first-order chi connectivity index (χ1) is 12.6. The smallest absolute Gasteiger partial charge is 0.228 e. The molecule has 0 saturated heterocycles. The van der Waals surface area contributed by atoms with Crippen LogP contribution in [0.15, 0.2) is 72.8 Å². The molecular formula is C21H18F2N2O. The molecule has 0 spiro atoms. The number of nitrogens with one attached hydrogen (secondary N) is 2. The zero-order chi connectivity index (χ0) is 18.4. The number of benzene rings is 3. The van der Waals surface area contributed by atoms with Crippen molar-refractivity contribution in [3.05, 3.63) is 95.6 Å². The molecule has 0 aliphatic rings. The van der Waals surface area contributed by atoms with Crippen molar-refractivity contribution >= 4 is 17.3 Å². The number of carbonyl (C=O) groups excluding carboxylic acids is 1. The van der Waals surface area contributed by atoms with E-state index in [-0.39, 0.29) is 24.0 Å². The van der Waals surface area contributed by atoms with Crippen LogP contribution >= 0.6 is 0 Å². The Labute approximate surface area is 150 Å². The highest BCUT2D eigenvalue weighted by Gasteiger charge is 2.05. The molecule has 0 bridgehead atoms. The van der Waals surface area contributed by atoms with Crippen LogP contribution in [0.1, 0.15) is 11.1 Å². The van der Waals surface area contributed by atoms with E-state index >= 15 is 0 Å². The number of anilines is 2. The van der Waals surface area contributed by atoms with Crippen LogP contribution in [0.25, 0.3) is 0 Å². The normalized spacial score (nSPS) is 10.4. The van der Waals surface area contributed by atoms with Crippen LogP contribution in [0.2, 0.25) is 0 Å². The van der Waals surface area contributed by atoms with Gasteiger partial charge in [0.25, 0.3) is 0 Å². The second kappa shape index (κ2) is 8.25. The monoisotopic (exact) mass is 352 g/mol.